The van der Waals surface area contributed by atoms with Gasteiger partial charge in [0, 0.05) is 24.2 Å². The van der Waals surface area contributed by atoms with Crippen molar-refractivity contribution in [3.8, 4) is 0 Å². The molecule has 3 rings (SSSR count). The molecule has 0 saturated heterocycles. The van der Waals surface area contributed by atoms with Gasteiger partial charge in [-0.15, -0.1) is 0 Å². The van der Waals surface area contributed by atoms with Crippen LogP contribution in [0, 0.1) is 20.8 Å². The molecule has 0 radical (unpaired) electrons. The van der Waals surface area contributed by atoms with E-state index >= 15 is 0 Å². The molecule has 5 heteroatoms. The zero-order valence-corrected chi connectivity index (χ0v) is 15.8. The Hall–Kier alpha value is -3.21. The number of pyridine rings is 1. The zero-order chi connectivity index (χ0) is 19.4. The van der Waals surface area contributed by atoms with E-state index in [-0.39, 0.29) is 24.8 Å². The predicted octanol–water partition coefficient (Wildman–Crippen LogP) is 3.92. The Bertz CT molecular complexity index is 988. The van der Waals surface area contributed by atoms with Gasteiger partial charge in [0.15, 0.2) is 0 Å². The average Bonchev–Trinajstić information content (AvgIpc) is 2.64. The minimum Gasteiger partial charge on any atom is -0.352 e. The monoisotopic (exact) mass is 361 g/mol. The van der Waals surface area contributed by atoms with Crippen molar-refractivity contribution in [1.82, 2.24) is 10.3 Å². The van der Waals surface area contributed by atoms with E-state index < -0.39 is 0 Å². The number of aromatic nitrogens is 1. The van der Waals surface area contributed by atoms with Gasteiger partial charge in [0.2, 0.25) is 5.91 Å². The topological polar surface area (TPSA) is 71.1 Å². The minimum atomic E-state index is -0.182. The highest BCUT2D eigenvalue weighted by Crippen LogP contribution is 2.19. The molecule has 3 aromatic rings. The van der Waals surface area contributed by atoms with Gasteiger partial charge in [-0.1, -0.05) is 30.3 Å². The van der Waals surface area contributed by atoms with E-state index in [1.54, 1.807) is 6.07 Å². The summed E-state index contributed by atoms with van der Waals surface area (Å²) in [6, 6.07) is 15.4. The molecule has 2 aromatic carbocycles. The second-order valence-corrected chi connectivity index (χ2v) is 6.66. The fourth-order valence-corrected chi connectivity index (χ4v) is 3.14. The third kappa shape index (κ3) is 4.50. The van der Waals surface area contributed by atoms with Crippen LogP contribution < -0.4 is 10.6 Å². The Balaban J connectivity index is 1.55. The van der Waals surface area contributed by atoms with E-state index in [1.165, 1.54) is 0 Å². The molecular weight excluding hydrogens is 338 g/mol. The number of fused-ring (bicyclic) bond motifs is 1. The van der Waals surface area contributed by atoms with Crippen molar-refractivity contribution in [2.75, 3.05) is 11.9 Å². The Morgan fingerprint density at radius 3 is 2.44 bits per heavy atom. The summed E-state index contributed by atoms with van der Waals surface area (Å²) in [4.78, 5) is 28.9. The van der Waals surface area contributed by atoms with E-state index in [0.717, 1.165) is 33.4 Å². The number of rotatable bonds is 5. The first-order chi connectivity index (χ1) is 12.9. The van der Waals surface area contributed by atoms with E-state index in [0.29, 0.717) is 5.56 Å². The summed E-state index contributed by atoms with van der Waals surface area (Å²) in [5.41, 5.74) is 4.02. The van der Waals surface area contributed by atoms with Crippen molar-refractivity contribution in [3.05, 3.63) is 71.0 Å². The van der Waals surface area contributed by atoms with Gasteiger partial charge >= 0.3 is 0 Å². The fraction of sp³-hybridized carbons (Fsp3) is 0.227. The number of carbonyl (C=O) groups excluding carboxylic acids is 2. The van der Waals surface area contributed by atoms with Crippen LogP contribution in [0.25, 0.3) is 10.8 Å². The predicted molar refractivity (Wildman–Crippen MR) is 108 cm³/mol. The molecule has 0 bridgehead atoms. The van der Waals surface area contributed by atoms with Gasteiger partial charge in [-0.05, 0) is 55.3 Å². The molecule has 2 N–H and O–H groups in total. The SMILES string of the molecule is Cc1cc(C)c(NC(=O)CCNC(=O)c2ccc3ccccc3c2)c(C)n1. The molecule has 138 valence electrons. The van der Waals surface area contributed by atoms with Crippen LogP contribution in [0.5, 0.6) is 0 Å². The number of aryl methyl sites for hydroxylation is 3. The third-order valence-corrected chi connectivity index (χ3v) is 4.44. The first-order valence-electron chi connectivity index (χ1n) is 8.96. The van der Waals surface area contributed by atoms with E-state index in [2.05, 4.69) is 15.6 Å². The van der Waals surface area contributed by atoms with Crippen molar-refractivity contribution < 1.29 is 9.59 Å². The molecule has 2 amide bonds. The number of nitrogens with zero attached hydrogens (tertiary/aromatic N) is 1. The molecule has 0 atom stereocenters. The van der Waals surface area contributed by atoms with Crippen molar-refractivity contribution >= 4 is 28.3 Å². The van der Waals surface area contributed by atoms with E-state index in [9.17, 15) is 9.59 Å². The Morgan fingerprint density at radius 2 is 1.70 bits per heavy atom. The lowest BCUT2D eigenvalue weighted by atomic mass is 10.1. The summed E-state index contributed by atoms with van der Waals surface area (Å²) in [5.74, 6) is -0.330. The van der Waals surface area contributed by atoms with Gasteiger partial charge in [-0.3, -0.25) is 14.6 Å². The first-order valence-corrected chi connectivity index (χ1v) is 8.96. The number of anilines is 1. The summed E-state index contributed by atoms with van der Waals surface area (Å²) < 4.78 is 0. The Labute approximate surface area is 158 Å². The standard InChI is InChI=1S/C22H23N3O2/c1-14-12-15(2)24-16(3)21(14)25-20(26)10-11-23-22(27)19-9-8-17-6-4-5-7-18(17)13-19/h4-9,12-13H,10-11H2,1-3H3,(H,23,27)(H,25,26). The molecule has 5 nitrogen and oxygen atoms in total. The van der Waals surface area contributed by atoms with Crippen molar-refractivity contribution in [2.45, 2.75) is 27.2 Å². The van der Waals surface area contributed by atoms with Crippen LogP contribution in [0.3, 0.4) is 0 Å². The average molecular weight is 361 g/mol. The second kappa shape index (κ2) is 7.99. The van der Waals surface area contributed by atoms with Crippen LogP contribution in [0.2, 0.25) is 0 Å². The summed E-state index contributed by atoms with van der Waals surface area (Å²) in [6.45, 7) is 6.01. The lowest BCUT2D eigenvalue weighted by molar-refractivity contribution is -0.116. The van der Waals surface area contributed by atoms with Gasteiger partial charge in [-0.25, -0.2) is 0 Å². The van der Waals surface area contributed by atoms with Gasteiger partial charge in [0.05, 0.1) is 11.4 Å². The van der Waals surface area contributed by atoms with Gasteiger partial charge in [0.1, 0.15) is 0 Å². The van der Waals surface area contributed by atoms with Crippen molar-refractivity contribution in [1.29, 1.82) is 0 Å². The van der Waals surface area contributed by atoms with Crippen LogP contribution in [0.1, 0.15) is 33.7 Å². The molecule has 1 heterocycles. The van der Waals surface area contributed by atoms with Crippen LogP contribution >= 0.6 is 0 Å². The molecule has 0 aliphatic heterocycles. The molecule has 0 spiro atoms. The van der Waals surface area contributed by atoms with Crippen LogP contribution in [0.4, 0.5) is 5.69 Å². The van der Waals surface area contributed by atoms with Crippen LogP contribution in [-0.4, -0.2) is 23.3 Å². The zero-order valence-electron chi connectivity index (χ0n) is 15.8. The molecule has 0 aliphatic rings. The summed E-state index contributed by atoms with van der Waals surface area (Å²) in [6.07, 6.45) is 0.200. The number of amides is 2. The highest BCUT2D eigenvalue weighted by atomic mass is 16.2. The Morgan fingerprint density at radius 1 is 0.963 bits per heavy atom. The quantitative estimate of drug-likeness (QED) is 0.723. The highest BCUT2D eigenvalue weighted by molar-refractivity contribution is 5.99. The van der Waals surface area contributed by atoms with E-state index in [4.69, 9.17) is 0 Å². The molecule has 0 aliphatic carbocycles. The molecule has 0 saturated carbocycles. The van der Waals surface area contributed by atoms with E-state index in [1.807, 2.05) is 63.2 Å². The largest absolute Gasteiger partial charge is 0.352 e. The number of hydrogen-bond acceptors (Lipinski definition) is 3. The fourth-order valence-electron chi connectivity index (χ4n) is 3.14. The van der Waals surface area contributed by atoms with Gasteiger partial charge < -0.3 is 10.6 Å². The minimum absolute atomic E-state index is 0.148. The summed E-state index contributed by atoms with van der Waals surface area (Å²) in [5, 5.41) is 7.80. The third-order valence-electron chi connectivity index (χ3n) is 4.44. The molecule has 0 fully saturated rings. The molecule has 0 unspecified atom stereocenters. The molecular formula is C22H23N3O2. The second-order valence-electron chi connectivity index (χ2n) is 6.66. The smallest absolute Gasteiger partial charge is 0.251 e. The number of nitrogens with one attached hydrogen (secondary N) is 2. The maximum atomic E-state index is 12.3. The first kappa shape index (κ1) is 18.6. The number of carbonyl (C=O) groups is 2. The van der Waals surface area contributed by atoms with Crippen LogP contribution in [-0.2, 0) is 4.79 Å². The maximum absolute atomic E-state index is 12.3. The van der Waals surface area contributed by atoms with Crippen molar-refractivity contribution in [3.63, 3.8) is 0 Å². The van der Waals surface area contributed by atoms with Gasteiger partial charge in [0.25, 0.3) is 5.91 Å². The normalized spacial score (nSPS) is 10.6. The number of benzene rings is 2. The van der Waals surface area contributed by atoms with Crippen molar-refractivity contribution in [2.24, 2.45) is 0 Å². The Kier molecular flexibility index (Phi) is 5.50. The molecule has 27 heavy (non-hydrogen) atoms. The van der Waals surface area contributed by atoms with Gasteiger partial charge in [-0.2, -0.15) is 0 Å². The van der Waals surface area contributed by atoms with Crippen LogP contribution in [0.15, 0.2) is 48.5 Å². The molecule has 1 aromatic heterocycles. The number of hydrogen-bond donors (Lipinski definition) is 2. The maximum Gasteiger partial charge on any atom is 0.251 e. The summed E-state index contributed by atoms with van der Waals surface area (Å²) >= 11 is 0. The highest BCUT2D eigenvalue weighted by Gasteiger charge is 2.11. The lowest BCUT2D eigenvalue weighted by Gasteiger charge is -2.12. The summed E-state index contributed by atoms with van der Waals surface area (Å²) in [7, 11) is 0. The lowest BCUT2D eigenvalue weighted by Crippen LogP contribution is -2.27.